The number of piperidine rings is 1. The topological polar surface area (TPSA) is 70.6 Å². The van der Waals surface area contributed by atoms with E-state index in [1.165, 1.54) is 12.8 Å². The molecule has 2 aromatic rings. The molecule has 2 amide bonds. The number of methoxy groups -OCH3 is 1. The van der Waals surface area contributed by atoms with E-state index in [4.69, 9.17) is 4.74 Å². The highest BCUT2D eigenvalue weighted by Gasteiger charge is 2.34. The summed E-state index contributed by atoms with van der Waals surface area (Å²) >= 11 is 0. The number of hydrogen-bond donors (Lipinski definition) is 1. The quantitative estimate of drug-likeness (QED) is 0.820. The van der Waals surface area contributed by atoms with Gasteiger partial charge in [0.15, 0.2) is 0 Å². The molecule has 160 valence electrons. The number of likely N-dealkylation sites (tertiary alicyclic amines) is 1. The highest BCUT2D eigenvalue weighted by atomic mass is 16.5. The van der Waals surface area contributed by atoms with Crippen molar-refractivity contribution in [3.63, 3.8) is 0 Å². The lowest BCUT2D eigenvalue weighted by atomic mass is 9.86. The fourth-order valence-electron chi connectivity index (χ4n) is 4.68. The zero-order valence-electron chi connectivity index (χ0n) is 17.7. The highest BCUT2D eigenvalue weighted by Crippen LogP contribution is 2.31. The fourth-order valence-corrected chi connectivity index (χ4v) is 4.68. The summed E-state index contributed by atoms with van der Waals surface area (Å²) in [6.45, 7) is 2.65. The number of urea groups is 1. The van der Waals surface area contributed by atoms with E-state index in [0.29, 0.717) is 17.8 Å². The molecule has 0 saturated carbocycles. The van der Waals surface area contributed by atoms with Gasteiger partial charge < -0.3 is 19.9 Å². The third-order valence-electron chi connectivity index (χ3n) is 6.28. The van der Waals surface area contributed by atoms with E-state index in [0.717, 1.165) is 57.0 Å². The summed E-state index contributed by atoms with van der Waals surface area (Å²) in [5.41, 5.74) is 0.857. The van der Waals surface area contributed by atoms with Crippen molar-refractivity contribution in [2.45, 2.75) is 44.6 Å². The number of amides is 2. The van der Waals surface area contributed by atoms with Gasteiger partial charge in [-0.15, -0.1) is 0 Å². The van der Waals surface area contributed by atoms with Crippen molar-refractivity contribution in [1.82, 2.24) is 14.9 Å². The molecule has 7 heteroatoms. The van der Waals surface area contributed by atoms with Crippen LogP contribution in [0, 0.1) is 5.92 Å². The molecule has 0 spiro atoms. The van der Waals surface area contributed by atoms with Crippen molar-refractivity contribution in [2.75, 3.05) is 37.0 Å². The molecule has 0 radical (unpaired) electrons. The van der Waals surface area contributed by atoms with Crippen molar-refractivity contribution in [3.8, 4) is 5.88 Å². The minimum Gasteiger partial charge on any atom is -0.481 e. The Hall–Kier alpha value is -2.83. The van der Waals surface area contributed by atoms with Crippen LogP contribution in [0.5, 0.6) is 5.88 Å². The molecule has 30 heavy (non-hydrogen) atoms. The Morgan fingerprint density at radius 2 is 1.83 bits per heavy atom. The van der Waals surface area contributed by atoms with Crippen LogP contribution in [0.1, 0.15) is 38.5 Å². The Balaban J connectivity index is 1.41. The summed E-state index contributed by atoms with van der Waals surface area (Å²) in [5.74, 6) is 1.83. The molecule has 2 aliphatic rings. The summed E-state index contributed by atoms with van der Waals surface area (Å²) in [4.78, 5) is 26.3. The van der Waals surface area contributed by atoms with E-state index >= 15 is 0 Å². The number of aromatic nitrogens is 2. The first-order chi connectivity index (χ1) is 14.7. The second kappa shape index (κ2) is 9.78. The second-order valence-electron chi connectivity index (χ2n) is 8.13. The Kier molecular flexibility index (Phi) is 6.67. The maximum Gasteiger partial charge on any atom is 0.322 e. The lowest BCUT2D eigenvalue weighted by Gasteiger charge is -2.40. The van der Waals surface area contributed by atoms with Crippen LogP contribution in [0.3, 0.4) is 0 Å². The number of ether oxygens (including phenoxy) is 1. The van der Waals surface area contributed by atoms with Crippen molar-refractivity contribution in [3.05, 3.63) is 42.6 Å². The van der Waals surface area contributed by atoms with Gasteiger partial charge in [0.25, 0.3) is 0 Å². The van der Waals surface area contributed by atoms with Gasteiger partial charge in [0.1, 0.15) is 0 Å². The minimum atomic E-state index is 0.0339. The third-order valence-corrected chi connectivity index (χ3v) is 6.28. The van der Waals surface area contributed by atoms with Gasteiger partial charge in [0.2, 0.25) is 11.8 Å². The van der Waals surface area contributed by atoms with Crippen LogP contribution < -0.4 is 15.0 Å². The van der Waals surface area contributed by atoms with Gasteiger partial charge in [-0.1, -0.05) is 31.0 Å². The number of nitrogens with one attached hydrogen (secondary N) is 1. The van der Waals surface area contributed by atoms with Crippen molar-refractivity contribution in [1.29, 1.82) is 0 Å². The van der Waals surface area contributed by atoms with Crippen LogP contribution in [-0.2, 0) is 0 Å². The number of benzene rings is 1. The first-order valence-corrected chi connectivity index (χ1v) is 11.0. The van der Waals surface area contributed by atoms with E-state index in [1.54, 1.807) is 19.4 Å². The second-order valence-corrected chi connectivity index (χ2v) is 8.13. The van der Waals surface area contributed by atoms with E-state index in [9.17, 15) is 4.79 Å². The zero-order chi connectivity index (χ0) is 20.8. The monoisotopic (exact) mass is 409 g/mol. The predicted octanol–water partition coefficient (Wildman–Crippen LogP) is 4.18. The van der Waals surface area contributed by atoms with Gasteiger partial charge in [-0.2, -0.15) is 4.98 Å². The molecule has 2 aliphatic heterocycles. The minimum absolute atomic E-state index is 0.0339. The number of nitrogens with zero attached hydrogens (tertiary/aromatic N) is 4. The number of carbonyl (C=O) groups is 1. The summed E-state index contributed by atoms with van der Waals surface area (Å²) in [5, 5.41) is 3.10. The number of para-hydroxylation sites is 1. The third kappa shape index (κ3) is 4.83. The lowest BCUT2D eigenvalue weighted by Crippen LogP contribution is -2.49. The Labute approximate surface area is 178 Å². The van der Waals surface area contributed by atoms with E-state index < -0.39 is 0 Å². The molecule has 7 nitrogen and oxygen atoms in total. The summed E-state index contributed by atoms with van der Waals surface area (Å²) in [7, 11) is 1.62. The number of carbonyl (C=O) groups excluding carboxylic acids is 1. The predicted molar refractivity (Wildman–Crippen MR) is 118 cm³/mol. The Morgan fingerprint density at radius 1 is 1.03 bits per heavy atom. The van der Waals surface area contributed by atoms with Crippen molar-refractivity contribution < 1.29 is 9.53 Å². The van der Waals surface area contributed by atoms with Crippen LogP contribution in [0.4, 0.5) is 16.4 Å². The molecule has 2 fully saturated rings. The molecule has 4 rings (SSSR count). The van der Waals surface area contributed by atoms with Crippen LogP contribution in [-0.4, -0.2) is 53.7 Å². The molecule has 1 N–H and O–H groups in total. The fraction of sp³-hybridized carbons (Fsp3) is 0.522. The van der Waals surface area contributed by atoms with Gasteiger partial charge in [0.05, 0.1) is 7.11 Å². The molecule has 1 aromatic heterocycles. The number of anilines is 2. The maximum atomic E-state index is 13.1. The average molecular weight is 410 g/mol. The Morgan fingerprint density at radius 3 is 2.60 bits per heavy atom. The SMILES string of the molecule is COc1ccnc(N2CCC([C@@H]3CCCCCN3C(=O)Nc3ccccc3)CC2)n1. The number of hydrogen-bond acceptors (Lipinski definition) is 5. The molecule has 3 heterocycles. The summed E-state index contributed by atoms with van der Waals surface area (Å²) < 4.78 is 5.24. The van der Waals surface area contributed by atoms with E-state index in [-0.39, 0.29) is 6.03 Å². The summed E-state index contributed by atoms with van der Waals surface area (Å²) in [6.07, 6.45) is 8.38. The molecular formula is C23H31N5O2. The van der Waals surface area contributed by atoms with E-state index in [2.05, 4.69) is 25.1 Å². The normalized spacial score (nSPS) is 20.5. The molecule has 1 aromatic carbocycles. The molecule has 0 aliphatic carbocycles. The largest absolute Gasteiger partial charge is 0.481 e. The highest BCUT2D eigenvalue weighted by molar-refractivity contribution is 5.89. The van der Waals surface area contributed by atoms with Gasteiger partial charge in [-0.05, 0) is 43.7 Å². The first kappa shape index (κ1) is 20.4. The number of rotatable bonds is 4. The molecule has 2 saturated heterocycles. The van der Waals surface area contributed by atoms with E-state index in [1.807, 2.05) is 30.3 Å². The van der Waals surface area contributed by atoms with Crippen LogP contribution in [0.15, 0.2) is 42.6 Å². The lowest BCUT2D eigenvalue weighted by molar-refractivity contribution is 0.146. The average Bonchev–Trinajstić information content (AvgIpc) is 3.06. The standard InChI is InChI=1S/C23H31N5O2/c1-30-21-11-14-24-22(26-21)27-16-12-18(13-17-27)20-10-6-3-7-15-28(20)23(29)25-19-8-4-2-5-9-19/h2,4-5,8-9,11,14,18,20H,3,6-7,10,12-13,15-17H2,1H3,(H,25,29)/t20-/m0/s1. The Bertz CT molecular complexity index is 823. The molecular weight excluding hydrogens is 378 g/mol. The van der Waals surface area contributed by atoms with Gasteiger partial charge in [0, 0.05) is 43.6 Å². The van der Waals surface area contributed by atoms with Crippen LogP contribution in [0.2, 0.25) is 0 Å². The van der Waals surface area contributed by atoms with Crippen molar-refractivity contribution >= 4 is 17.7 Å². The summed E-state index contributed by atoms with van der Waals surface area (Å²) in [6, 6.07) is 11.8. The van der Waals surface area contributed by atoms with Gasteiger partial charge in [-0.25, -0.2) is 9.78 Å². The van der Waals surface area contributed by atoms with Crippen LogP contribution in [0.25, 0.3) is 0 Å². The van der Waals surface area contributed by atoms with Crippen molar-refractivity contribution in [2.24, 2.45) is 5.92 Å². The van der Waals surface area contributed by atoms with Crippen LogP contribution >= 0.6 is 0 Å². The molecule has 1 atom stereocenters. The maximum absolute atomic E-state index is 13.1. The molecule has 0 bridgehead atoms. The van der Waals surface area contributed by atoms with Gasteiger partial charge in [-0.3, -0.25) is 0 Å². The smallest absolute Gasteiger partial charge is 0.322 e. The first-order valence-electron chi connectivity index (χ1n) is 11.0. The molecule has 0 unspecified atom stereocenters. The zero-order valence-corrected chi connectivity index (χ0v) is 17.7. The van der Waals surface area contributed by atoms with Gasteiger partial charge >= 0.3 is 6.03 Å².